The van der Waals surface area contributed by atoms with Crippen molar-refractivity contribution in [3.05, 3.63) is 48.4 Å². The number of methoxy groups -OCH3 is 1. The van der Waals surface area contributed by atoms with Crippen LogP contribution in [0.3, 0.4) is 0 Å². The molecule has 22 heavy (non-hydrogen) atoms. The van der Waals surface area contributed by atoms with Crippen LogP contribution in [0.4, 0.5) is 11.6 Å². The third kappa shape index (κ3) is 2.76. The topological polar surface area (TPSA) is 64.9 Å². The Hall–Kier alpha value is -2.89. The number of nitrogens with zero attached hydrogens (tertiary/aromatic N) is 4. The van der Waals surface area contributed by atoms with Crippen LogP contribution in [0.1, 0.15) is 5.69 Å². The molecule has 0 saturated heterocycles. The third-order valence-electron chi connectivity index (χ3n) is 3.30. The molecular formula is C16H17N5O. The molecule has 0 fully saturated rings. The average molecular weight is 295 g/mol. The van der Waals surface area contributed by atoms with Gasteiger partial charge in [0.2, 0.25) is 5.95 Å². The minimum Gasteiger partial charge on any atom is -0.495 e. The highest BCUT2D eigenvalue weighted by Crippen LogP contribution is 2.27. The zero-order valence-electron chi connectivity index (χ0n) is 12.7. The number of ether oxygens (including phenoxy) is 1. The van der Waals surface area contributed by atoms with Crippen molar-refractivity contribution in [1.82, 2.24) is 19.7 Å². The molecule has 0 aliphatic rings. The quantitative estimate of drug-likeness (QED) is 0.801. The van der Waals surface area contributed by atoms with E-state index in [0.717, 1.165) is 28.4 Å². The lowest BCUT2D eigenvalue weighted by Crippen LogP contribution is -1.99. The lowest BCUT2D eigenvalue weighted by molar-refractivity contribution is 0.417. The monoisotopic (exact) mass is 295 g/mol. The van der Waals surface area contributed by atoms with Gasteiger partial charge in [-0.3, -0.25) is 4.68 Å². The van der Waals surface area contributed by atoms with Crippen LogP contribution in [-0.2, 0) is 7.05 Å². The Morgan fingerprint density at radius 2 is 2.00 bits per heavy atom. The van der Waals surface area contributed by atoms with Gasteiger partial charge in [0.05, 0.1) is 24.2 Å². The number of rotatable bonds is 4. The molecule has 6 nitrogen and oxygen atoms in total. The van der Waals surface area contributed by atoms with Gasteiger partial charge in [-0.05, 0) is 25.1 Å². The summed E-state index contributed by atoms with van der Waals surface area (Å²) in [5.41, 5.74) is 3.58. The van der Waals surface area contributed by atoms with E-state index in [1.165, 1.54) is 0 Å². The molecule has 3 rings (SSSR count). The zero-order valence-corrected chi connectivity index (χ0v) is 12.7. The van der Waals surface area contributed by atoms with Crippen LogP contribution in [0.15, 0.2) is 42.7 Å². The highest BCUT2D eigenvalue weighted by molar-refractivity contribution is 5.65. The summed E-state index contributed by atoms with van der Waals surface area (Å²) in [4.78, 5) is 8.82. The maximum absolute atomic E-state index is 5.32. The van der Waals surface area contributed by atoms with Crippen molar-refractivity contribution in [3.63, 3.8) is 0 Å². The molecule has 0 spiro atoms. The molecular weight excluding hydrogens is 278 g/mol. The first kappa shape index (κ1) is 14.1. The first-order valence-corrected chi connectivity index (χ1v) is 6.91. The Balaban J connectivity index is 1.93. The Bertz CT molecular complexity index is 797. The van der Waals surface area contributed by atoms with Gasteiger partial charge in [-0.2, -0.15) is 5.10 Å². The molecule has 1 aromatic carbocycles. The molecule has 2 heterocycles. The second kappa shape index (κ2) is 5.85. The van der Waals surface area contributed by atoms with Gasteiger partial charge in [-0.1, -0.05) is 12.1 Å². The van der Waals surface area contributed by atoms with Gasteiger partial charge in [0.15, 0.2) is 0 Å². The fourth-order valence-electron chi connectivity index (χ4n) is 2.29. The lowest BCUT2D eigenvalue weighted by Gasteiger charge is -2.10. The Morgan fingerprint density at radius 3 is 2.73 bits per heavy atom. The van der Waals surface area contributed by atoms with E-state index in [1.807, 2.05) is 50.5 Å². The number of para-hydroxylation sites is 2. The summed E-state index contributed by atoms with van der Waals surface area (Å²) in [7, 11) is 3.53. The van der Waals surface area contributed by atoms with E-state index in [4.69, 9.17) is 4.74 Å². The van der Waals surface area contributed by atoms with Crippen molar-refractivity contribution in [2.24, 2.45) is 7.05 Å². The van der Waals surface area contributed by atoms with Crippen LogP contribution >= 0.6 is 0 Å². The van der Waals surface area contributed by atoms with Gasteiger partial charge in [0.1, 0.15) is 5.75 Å². The van der Waals surface area contributed by atoms with Gasteiger partial charge < -0.3 is 10.1 Å². The predicted octanol–water partition coefficient (Wildman–Crippen LogP) is 2.94. The van der Waals surface area contributed by atoms with Crippen molar-refractivity contribution in [2.75, 3.05) is 12.4 Å². The minimum absolute atomic E-state index is 0.519. The number of benzene rings is 1. The third-order valence-corrected chi connectivity index (χ3v) is 3.30. The largest absolute Gasteiger partial charge is 0.495 e. The first-order valence-electron chi connectivity index (χ1n) is 6.91. The summed E-state index contributed by atoms with van der Waals surface area (Å²) in [6.07, 6.45) is 3.68. The van der Waals surface area contributed by atoms with Gasteiger partial charge in [0.25, 0.3) is 0 Å². The molecule has 1 N–H and O–H groups in total. The Labute approximate surface area is 128 Å². The van der Waals surface area contributed by atoms with Crippen LogP contribution in [0.5, 0.6) is 5.75 Å². The van der Waals surface area contributed by atoms with Crippen LogP contribution in [-0.4, -0.2) is 26.9 Å². The molecule has 0 unspecified atom stereocenters. The fraction of sp³-hybridized carbons (Fsp3) is 0.188. The Kier molecular flexibility index (Phi) is 3.74. The predicted molar refractivity (Wildman–Crippen MR) is 85.2 cm³/mol. The van der Waals surface area contributed by atoms with Crippen molar-refractivity contribution >= 4 is 11.6 Å². The molecule has 0 saturated carbocycles. The van der Waals surface area contributed by atoms with E-state index < -0.39 is 0 Å². The number of aromatic nitrogens is 4. The summed E-state index contributed by atoms with van der Waals surface area (Å²) in [6.45, 7) is 1.96. The molecule has 0 atom stereocenters. The Morgan fingerprint density at radius 1 is 1.18 bits per heavy atom. The summed E-state index contributed by atoms with van der Waals surface area (Å²) < 4.78 is 7.10. The molecule has 0 aliphatic heterocycles. The van der Waals surface area contributed by atoms with Gasteiger partial charge in [0, 0.05) is 25.0 Å². The lowest BCUT2D eigenvalue weighted by atomic mass is 10.2. The summed E-state index contributed by atoms with van der Waals surface area (Å²) in [5.74, 6) is 1.26. The van der Waals surface area contributed by atoms with Gasteiger partial charge in [-0.25, -0.2) is 9.97 Å². The normalized spacial score (nSPS) is 10.5. The van der Waals surface area contributed by atoms with Crippen LogP contribution in [0.2, 0.25) is 0 Å². The van der Waals surface area contributed by atoms with Crippen molar-refractivity contribution in [2.45, 2.75) is 6.92 Å². The summed E-state index contributed by atoms with van der Waals surface area (Å²) in [5, 5.41) is 7.53. The van der Waals surface area contributed by atoms with Crippen molar-refractivity contribution in [3.8, 4) is 17.0 Å². The van der Waals surface area contributed by atoms with Crippen LogP contribution in [0.25, 0.3) is 11.3 Å². The van der Waals surface area contributed by atoms with Crippen molar-refractivity contribution in [1.29, 1.82) is 0 Å². The minimum atomic E-state index is 0.519. The van der Waals surface area contributed by atoms with Gasteiger partial charge in [-0.15, -0.1) is 0 Å². The molecule has 3 aromatic rings. The van der Waals surface area contributed by atoms with E-state index >= 15 is 0 Å². The number of aryl methyl sites for hydroxylation is 2. The molecule has 2 aromatic heterocycles. The van der Waals surface area contributed by atoms with E-state index in [0.29, 0.717) is 5.95 Å². The highest BCUT2D eigenvalue weighted by Gasteiger charge is 2.09. The molecule has 0 bridgehead atoms. The summed E-state index contributed by atoms with van der Waals surface area (Å²) in [6, 6.07) is 9.53. The zero-order chi connectivity index (χ0) is 15.5. The molecule has 112 valence electrons. The number of hydrogen-bond acceptors (Lipinski definition) is 5. The standard InChI is InChI=1S/C16H17N5O/c1-11-12(10-21(2)20-11)13-8-9-17-16(18-13)19-14-6-4-5-7-15(14)22-3/h4-10H,1-3H3,(H,17,18,19). The number of anilines is 2. The molecule has 0 aliphatic carbocycles. The summed E-state index contributed by atoms with van der Waals surface area (Å²) >= 11 is 0. The molecule has 0 amide bonds. The van der Waals surface area contributed by atoms with E-state index in [2.05, 4.69) is 20.4 Å². The maximum atomic E-state index is 5.32. The first-order chi connectivity index (χ1) is 10.7. The smallest absolute Gasteiger partial charge is 0.227 e. The van der Waals surface area contributed by atoms with Crippen LogP contribution < -0.4 is 10.1 Å². The number of hydrogen-bond donors (Lipinski definition) is 1. The maximum Gasteiger partial charge on any atom is 0.227 e. The number of nitrogens with one attached hydrogen (secondary N) is 1. The van der Waals surface area contributed by atoms with Crippen molar-refractivity contribution < 1.29 is 4.74 Å². The van der Waals surface area contributed by atoms with Crippen LogP contribution in [0, 0.1) is 6.92 Å². The second-order valence-electron chi connectivity index (χ2n) is 4.89. The average Bonchev–Trinajstić information content (AvgIpc) is 2.87. The SMILES string of the molecule is COc1ccccc1Nc1nccc(-c2cn(C)nc2C)n1. The molecule has 0 radical (unpaired) electrons. The van der Waals surface area contributed by atoms with Gasteiger partial charge >= 0.3 is 0 Å². The highest BCUT2D eigenvalue weighted by atomic mass is 16.5. The van der Waals surface area contributed by atoms with E-state index in [1.54, 1.807) is 18.0 Å². The molecule has 6 heteroatoms. The van der Waals surface area contributed by atoms with E-state index in [-0.39, 0.29) is 0 Å². The second-order valence-corrected chi connectivity index (χ2v) is 4.89. The van der Waals surface area contributed by atoms with E-state index in [9.17, 15) is 0 Å². The fourth-order valence-corrected chi connectivity index (χ4v) is 2.29.